The van der Waals surface area contributed by atoms with E-state index in [2.05, 4.69) is 4.72 Å². The Labute approximate surface area is 109 Å². The number of hydrogen-bond acceptors (Lipinski definition) is 3. The highest BCUT2D eigenvalue weighted by atomic mass is 32.2. The van der Waals surface area contributed by atoms with Gasteiger partial charge in [0.05, 0.1) is 11.0 Å². The second-order valence-electron chi connectivity index (χ2n) is 4.52. The van der Waals surface area contributed by atoms with E-state index in [0.717, 1.165) is 11.1 Å². The molecule has 1 aromatic carbocycles. The zero-order valence-electron chi connectivity index (χ0n) is 11.1. The Hall–Kier alpha value is -0.910. The van der Waals surface area contributed by atoms with Crippen molar-refractivity contribution in [1.29, 1.82) is 0 Å². The number of rotatable bonds is 6. The molecule has 2 N–H and O–H groups in total. The smallest absolute Gasteiger partial charge is 0.240 e. The first kappa shape index (κ1) is 15.1. The third-order valence-corrected chi connectivity index (χ3v) is 4.48. The molecule has 0 amide bonds. The Bertz CT molecular complexity index is 497. The molecule has 1 rings (SSSR count). The molecule has 0 aliphatic rings. The van der Waals surface area contributed by atoms with Crippen molar-refractivity contribution in [3.05, 3.63) is 29.3 Å². The minimum absolute atomic E-state index is 0.255. The van der Waals surface area contributed by atoms with Crippen LogP contribution in [0.4, 0.5) is 0 Å². The van der Waals surface area contributed by atoms with Crippen LogP contribution in [0, 0.1) is 13.8 Å². The first-order valence-corrected chi connectivity index (χ1v) is 7.60. The summed E-state index contributed by atoms with van der Waals surface area (Å²) in [7, 11) is -3.47. The standard InChI is InChI=1S/C13H21NO3S/c1-4-12(15)7-8-14-18(16,17)13-6-5-10(2)9-11(13)3/h5-6,9,12,14-15H,4,7-8H2,1-3H3. The number of benzene rings is 1. The van der Waals surface area contributed by atoms with Crippen LogP contribution in [0.15, 0.2) is 23.1 Å². The van der Waals surface area contributed by atoms with Crippen molar-refractivity contribution in [1.82, 2.24) is 4.72 Å². The molecule has 0 bridgehead atoms. The van der Waals surface area contributed by atoms with Gasteiger partial charge in [-0.25, -0.2) is 13.1 Å². The van der Waals surface area contributed by atoms with Crippen LogP contribution in [0.5, 0.6) is 0 Å². The van der Waals surface area contributed by atoms with Gasteiger partial charge < -0.3 is 5.11 Å². The van der Waals surface area contributed by atoms with Gasteiger partial charge >= 0.3 is 0 Å². The third-order valence-electron chi connectivity index (χ3n) is 2.86. The van der Waals surface area contributed by atoms with Crippen LogP contribution in [0.2, 0.25) is 0 Å². The van der Waals surface area contributed by atoms with E-state index in [-0.39, 0.29) is 6.54 Å². The van der Waals surface area contributed by atoms with Gasteiger partial charge in [0.25, 0.3) is 0 Å². The molecule has 102 valence electrons. The molecule has 0 aliphatic carbocycles. The summed E-state index contributed by atoms with van der Waals surface area (Å²) in [6.07, 6.45) is 0.609. The topological polar surface area (TPSA) is 66.4 Å². The van der Waals surface area contributed by atoms with Gasteiger partial charge in [0.2, 0.25) is 10.0 Å². The molecule has 0 saturated carbocycles. The lowest BCUT2D eigenvalue weighted by atomic mass is 10.2. The number of aryl methyl sites for hydroxylation is 2. The molecule has 0 saturated heterocycles. The first-order chi connectivity index (χ1) is 8.36. The lowest BCUT2D eigenvalue weighted by Crippen LogP contribution is -2.27. The highest BCUT2D eigenvalue weighted by Crippen LogP contribution is 2.16. The molecule has 18 heavy (non-hydrogen) atoms. The van der Waals surface area contributed by atoms with Crippen LogP contribution < -0.4 is 4.72 Å². The lowest BCUT2D eigenvalue weighted by Gasteiger charge is -2.11. The van der Waals surface area contributed by atoms with E-state index in [9.17, 15) is 13.5 Å². The van der Waals surface area contributed by atoms with Crippen LogP contribution in [-0.4, -0.2) is 26.2 Å². The van der Waals surface area contributed by atoms with Crippen LogP contribution in [-0.2, 0) is 10.0 Å². The highest BCUT2D eigenvalue weighted by molar-refractivity contribution is 7.89. The number of aliphatic hydroxyl groups excluding tert-OH is 1. The molecule has 1 aromatic rings. The van der Waals surface area contributed by atoms with Crippen molar-refractivity contribution < 1.29 is 13.5 Å². The summed E-state index contributed by atoms with van der Waals surface area (Å²) in [4.78, 5) is 0.305. The van der Waals surface area contributed by atoms with Gasteiger partial charge in [-0.3, -0.25) is 0 Å². The SMILES string of the molecule is CCC(O)CCNS(=O)(=O)c1ccc(C)cc1C. The predicted octanol–water partition coefficient (Wildman–Crippen LogP) is 1.74. The molecule has 0 radical (unpaired) electrons. The van der Waals surface area contributed by atoms with Crippen molar-refractivity contribution in [2.45, 2.75) is 44.6 Å². The lowest BCUT2D eigenvalue weighted by molar-refractivity contribution is 0.162. The summed E-state index contributed by atoms with van der Waals surface area (Å²) >= 11 is 0. The maximum absolute atomic E-state index is 12.0. The van der Waals surface area contributed by atoms with E-state index in [1.165, 1.54) is 0 Å². The largest absolute Gasteiger partial charge is 0.393 e. The molecule has 0 aliphatic heterocycles. The normalized spacial score (nSPS) is 13.6. The summed E-state index contributed by atoms with van der Waals surface area (Å²) in [6.45, 7) is 5.82. The van der Waals surface area contributed by atoms with E-state index < -0.39 is 16.1 Å². The average molecular weight is 271 g/mol. The summed E-state index contributed by atoms with van der Waals surface area (Å²) in [6, 6.07) is 5.24. The second-order valence-corrected chi connectivity index (χ2v) is 6.25. The molecule has 0 heterocycles. The quantitative estimate of drug-likeness (QED) is 0.828. The predicted molar refractivity (Wildman–Crippen MR) is 72.0 cm³/mol. The molecule has 0 aromatic heterocycles. The number of sulfonamides is 1. The Kier molecular flexibility index (Phi) is 5.31. The Balaban J connectivity index is 2.74. The van der Waals surface area contributed by atoms with E-state index in [0.29, 0.717) is 17.7 Å². The van der Waals surface area contributed by atoms with Crippen LogP contribution >= 0.6 is 0 Å². The highest BCUT2D eigenvalue weighted by Gasteiger charge is 2.16. The number of hydrogen-bond donors (Lipinski definition) is 2. The summed E-state index contributed by atoms with van der Waals surface area (Å²) in [5, 5.41) is 9.38. The van der Waals surface area contributed by atoms with Crippen LogP contribution in [0.1, 0.15) is 30.9 Å². The molecule has 0 spiro atoms. The Morgan fingerprint density at radius 2 is 2.00 bits per heavy atom. The van der Waals surface area contributed by atoms with Gasteiger partial charge in [0.15, 0.2) is 0 Å². The molecular formula is C13H21NO3S. The molecule has 1 unspecified atom stereocenters. The Morgan fingerprint density at radius 3 is 2.56 bits per heavy atom. The first-order valence-electron chi connectivity index (χ1n) is 6.11. The molecular weight excluding hydrogens is 250 g/mol. The average Bonchev–Trinajstić information content (AvgIpc) is 2.27. The molecule has 5 heteroatoms. The summed E-state index contributed by atoms with van der Waals surface area (Å²) < 4.78 is 26.6. The zero-order valence-corrected chi connectivity index (χ0v) is 11.9. The minimum atomic E-state index is -3.47. The fourth-order valence-electron chi connectivity index (χ4n) is 1.74. The van der Waals surface area contributed by atoms with Gasteiger partial charge in [0.1, 0.15) is 0 Å². The molecule has 1 atom stereocenters. The van der Waals surface area contributed by atoms with Gasteiger partial charge in [-0.2, -0.15) is 0 Å². The monoisotopic (exact) mass is 271 g/mol. The van der Waals surface area contributed by atoms with E-state index in [1.54, 1.807) is 19.1 Å². The van der Waals surface area contributed by atoms with Crippen molar-refractivity contribution in [2.75, 3.05) is 6.54 Å². The second kappa shape index (κ2) is 6.31. The minimum Gasteiger partial charge on any atom is -0.393 e. The maximum atomic E-state index is 12.0. The van der Waals surface area contributed by atoms with Gasteiger partial charge in [-0.1, -0.05) is 24.6 Å². The van der Waals surface area contributed by atoms with Crippen LogP contribution in [0.25, 0.3) is 0 Å². The van der Waals surface area contributed by atoms with Crippen LogP contribution in [0.3, 0.4) is 0 Å². The van der Waals surface area contributed by atoms with Gasteiger partial charge in [0, 0.05) is 6.54 Å². The zero-order chi connectivity index (χ0) is 13.8. The van der Waals surface area contributed by atoms with Gasteiger partial charge in [-0.15, -0.1) is 0 Å². The van der Waals surface area contributed by atoms with Crippen molar-refractivity contribution in [2.24, 2.45) is 0 Å². The number of nitrogens with one attached hydrogen (secondary N) is 1. The van der Waals surface area contributed by atoms with Crippen molar-refractivity contribution in [3.8, 4) is 0 Å². The third kappa shape index (κ3) is 4.08. The summed E-state index contributed by atoms with van der Waals surface area (Å²) in [5.74, 6) is 0. The van der Waals surface area contributed by atoms with E-state index in [4.69, 9.17) is 0 Å². The van der Waals surface area contributed by atoms with Gasteiger partial charge in [-0.05, 0) is 38.3 Å². The maximum Gasteiger partial charge on any atom is 0.240 e. The molecule has 0 fully saturated rings. The van der Waals surface area contributed by atoms with Crippen molar-refractivity contribution >= 4 is 10.0 Å². The Morgan fingerprint density at radius 1 is 1.33 bits per heavy atom. The fraction of sp³-hybridized carbons (Fsp3) is 0.538. The molecule has 4 nitrogen and oxygen atoms in total. The fourth-order valence-corrected chi connectivity index (χ4v) is 3.01. The van der Waals surface area contributed by atoms with E-state index >= 15 is 0 Å². The summed E-state index contributed by atoms with van der Waals surface area (Å²) in [5.41, 5.74) is 1.77. The van der Waals surface area contributed by atoms with E-state index in [1.807, 2.05) is 19.9 Å². The number of aliphatic hydroxyl groups is 1. The van der Waals surface area contributed by atoms with Crippen molar-refractivity contribution in [3.63, 3.8) is 0 Å².